The van der Waals surface area contributed by atoms with Crippen molar-refractivity contribution in [2.75, 3.05) is 33.4 Å². The summed E-state index contributed by atoms with van der Waals surface area (Å²) in [5.74, 6) is 0.755. The Morgan fingerprint density at radius 2 is 2.05 bits per heavy atom. The number of rotatable bonds is 5. The van der Waals surface area contributed by atoms with Crippen molar-refractivity contribution in [1.29, 1.82) is 0 Å². The van der Waals surface area contributed by atoms with Crippen LogP contribution >= 0.6 is 0 Å². The van der Waals surface area contributed by atoms with Gasteiger partial charge in [-0.1, -0.05) is 12.1 Å². The number of benzene rings is 1. The zero-order chi connectivity index (χ0) is 15.4. The van der Waals surface area contributed by atoms with E-state index in [0.717, 1.165) is 32.4 Å². The molecule has 0 radical (unpaired) electrons. The Kier molecular flexibility index (Phi) is 4.95. The molecule has 2 aliphatic rings. The lowest BCUT2D eigenvalue weighted by molar-refractivity contribution is 0.0673. The summed E-state index contributed by atoms with van der Waals surface area (Å²) in [6.45, 7) is 2.86. The number of hydrogen-bond acceptors (Lipinski definition) is 4. The Morgan fingerprint density at radius 1 is 1.23 bits per heavy atom. The molecule has 2 unspecified atom stereocenters. The van der Waals surface area contributed by atoms with E-state index in [9.17, 15) is 4.79 Å². The number of nitrogens with one attached hydrogen (secondary N) is 1. The fraction of sp³-hybridized carbons (Fsp3) is 0.588. The summed E-state index contributed by atoms with van der Waals surface area (Å²) in [7, 11) is 1.64. The van der Waals surface area contributed by atoms with Gasteiger partial charge in [0.2, 0.25) is 0 Å². The Labute approximate surface area is 131 Å². The smallest absolute Gasteiger partial charge is 0.258 e. The van der Waals surface area contributed by atoms with E-state index in [1.807, 2.05) is 24.3 Å². The summed E-state index contributed by atoms with van der Waals surface area (Å²) in [6.07, 6.45) is 3.25. The summed E-state index contributed by atoms with van der Waals surface area (Å²) in [5.41, 5.74) is 0.664. The molecule has 5 nitrogen and oxygen atoms in total. The predicted octanol–water partition coefficient (Wildman–Crippen LogP) is 1.68. The molecular formula is C17H24N2O3. The third-order valence-corrected chi connectivity index (χ3v) is 4.55. The first-order valence-electron chi connectivity index (χ1n) is 8.05. The number of nitrogens with zero attached hydrogens (tertiary/aromatic N) is 1. The highest BCUT2D eigenvalue weighted by Gasteiger charge is 2.38. The number of methoxy groups -OCH3 is 1. The van der Waals surface area contributed by atoms with Gasteiger partial charge in [-0.15, -0.1) is 0 Å². The van der Waals surface area contributed by atoms with E-state index in [0.29, 0.717) is 36.6 Å². The molecule has 2 bridgehead atoms. The van der Waals surface area contributed by atoms with Crippen LogP contribution in [0.4, 0.5) is 0 Å². The first-order chi connectivity index (χ1) is 10.8. The first-order valence-corrected chi connectivity index (χ1v) is 8.05. The lowest BCUT2D eigenvalue weighted by Gasteiger charge is -2.28. The normalized spacial score (nSPS) is 24.1. The van der Waals surface area contributed by atoms with E-state index in [4.69, 9.17) is 9.47 Å². The van der Waals surface area contributed by atoms with Crippen molar-refractivity contribution in [3.8, 4) is 5.75 Å². The molecule has 0 aromatic heterocycles. The molecule has 0 aliphatic carbocycles. The van der Waals surface area contributed by atoms with Gasteiger partial charge >= 0.3 is 0 Å². The number of fused-ring (bicyclic) bond motifs is 2. The van der Waals surface area contributed by atoms with Gasteiger partial charge in [0.05, 0.1) is 12.2 Å². The van der Waals surface area contributed by atoms with Gasteiger partial charge in [0.1, 0.15) is 12.4 Å². The standard InChI is InChI=1S/C17H24N2O3/c1-21-10-11-22-16-5-3-2-4-15(16)17(20)19-13-6-7-14(19)12-18-9-8-13/h2-5,13-14,18H,6-12H2,1H3. The van der Waals surface area contributed by atoms with Gasteiger partial charge in [0.25, 0.3) is 5.91 Å². The van der Waals surface area contributed by atoms with Crippen molar-refractivity contribution in [3.63, 3.8) is 0 Å². The predicted molar refractivity (Wildman–Crippen MR) is 84.3 cm³/mol. The highest BCUT2D eigenvalue weighted by Crippen LogP contribution is 2.31. The Balaban J connectivity index is 1.79. The van der Waals surface area contributed by atoms with Crippen molar-refractivity contribution in [1.82, 2.24) is 10.2 Å². The Morgan fingerprint density at radius 3 is 2.91 bits per heavy atom. The molecule has 1 aromatic carbocycles. The third-order valence-electron chi connectivity index (χ3n) is 4.55. The first kappa shape index (κ1) is 15.3. The SMILES string of the molecule is COCCOc1ccccc1C(=O)N1C2CCNCC1CC2. The van der Waals surface area contributed by atoms with E-state index >= 15 is 0 Å². The molecule has 3 rings (SSSR count). The second-order valence-corrected chi connectivity index (χ2v) is 5.93. The van der Waals surface area contributed by atoms with Gasteiger partial charge in [-0.25, -0.2) is 0 Å². The molecule has 2 fully saturated rings. The highest BCUT2D eigenvalue weighted by atomic mass is 16.5. The molecule has 0 saturated carbocycles. The lowest BCUT2D eigenvalue weighted by atomic mass is 10.1. The number of hydrogen-bond donors (Lipinski definition) is 1. The van der Waals surface area contributed by atoms with Crippen LogP contribution in [-0.4, -0.2) is 56.3 Å². The van der Waals surface area contributed by atoms with Crippen LogP contribution < -0.4 is 10.1 Å². The van der Waals surface area contributed by atoms with Crippen LogP contribution in [0.15, 0.2) is 24.3 Å². The Bertz CT molecular complexity index is 506. The average Bonchev–Trinajstić information content (AvgIpc) is 2.80. The van der Waals surface area contributed by atoms with Crippen molar-refractivity contribution in [3.05, 3.63) is 29.8 Å². The minimum absolute atomic E-state index is 0.101. The second-order valence-electron chi connectivity index (χ2n) is 5.93. The van der Waals surface area contributed by atoms with Crippen LogP contribution in [0.25, 0.3) is 0 Å². The summed E-state index contributed by atoms with van der Waals surface area (Å²) >= 11 is 0. The fourth-order valence-electron chi connectivity index (χ4n) is 3.46. The van der Waals surface area contributed by atoms with E-state index in [1.54, 1.807) is 7.11 Å². The number of ether oxygens (including phenoxy) is 2. The van der Waals surface area contributed by atoms with Crippen LogP contribution in [0.5, 0.6) is 5.75 Å². The zero-order valence-electron chi connectivity index (χ0n) is 13.1. The molecule has 2 heterocycles. The molecule has 1 amide bonds. The van der Waals surface area contributed by atoms with Gasteiger partial charge in [-0.3, -0.25) is 4.79 Å². The maximum absolute atomic E-state index is 13.1. The van der Waals surface area contributed by atoms with Crippen LogP contribution in [0.1, 0.15) is 29.6 Å². The highest BCUT2D eigenvalue weighted by molar-refractivity contribution is 5.97. The molecule has 2 atom stereocenters. The van der Waals surface area contributed by atoms with E-state index in [2.05, 4.69) is 10.2 Å². The van der Waals surface area contributed by atoms with Gasteiger partial charge < -0.3 is 19.7 Å². The van der Waals surface area contributed by atoms with Crippen molar-refractivity contribution in [2.45, 2.75) is 31.3 Å². The minimum atomic E-state index is 0.101. The molecule has 0 spiro atoms. The molecular weight excluding hydrogens is 280 g/mol. The van der Waals surface area contributed by atoms with Crippen molar-refractivity contribution < 1.29 is 14.3 Å². The lowest BCUT2D eigenvalue weighted by Crippen LogP contribution is -2.42. The molecule has 22 heavy (non-hydrogen) atoms. The van der Waals surface area contributed by atoms with Gasteiger partial charge in [-0.05, 0) is 37.9 Å². The third kappa shape index (κ3) is 3.10. The average molecular weight is 304 g/mol. The quantitative estimate of drug-likeness (QED) is 0.841. The topological polar surface area (TPSA) is 50.8 Å². The van der Waals surface area contributed by atoms with Crippen LogP contribution in [0, 0.1) is 0 Å². The maximum Gasteiger partial charge on any atom is 0.258 e. The molecule has 2 saturated heterocycles. The molecule has 5 heteroatoms. The molecule has 2 aliphatic heterocycles. The summed E-state index contributed by atoms with van der Waals surface area (Å²) in [4.78, 5) is 15.1. The summed E-state index contributed by atoms with van der Waals surface area (Å²) in [6, 6.07) is 8.20. The van der Waals surface area contributed by atoms with E-state index in [1.165, 1.54) is 0 Å². The largest absolute Gasteiger partial charge is 0.490 e. The van der Waals surface area contributed by atoms with Crippen molar-refractivity contribution in [2.24, 2.45) is 0 Å². The summed E-state index contributed by atoms with van der Waals surface area (Å²) < 4.78 is 10.7. The van der Waals surface area contributed by atoms with Gasteiger partial charge in [0, 0.05) is 25.7 Å². The van der Waals surface area contributed by atoms with Gasteiger partial charge in [0.15, 0.2) is 0 Å². The molecule has 1 aromatic rings. The van der Waals surface area contributed by atoms with E-state index < -0.39 is 0 Å². The van der Waals surface area contributed by atoms with E-state index in [-0.39, 0.29) is 5.91 Å². The van der Waals surface area contributed by atoms with Crippen LogP contribution in [-0.2, 0) is 4.74 Å². The number of para-hydroxylation sites is 1. The monoisotopic (exact) mass is 304 g/mol. The van der Waals surface area contributed by atoms with Crippen LogP contribution in [0.2, 0.25) is 0 Å². The number of carbonyl (C=O) groups excluding carboxylic acids is 1. The van der Waals surface area contributed by atoms with Crippen LogP contribution in [0.3, 0.4) is 0 Å². The Hall–Kier alpha value is -1.59. The zero-order valence-corrected chi connectivity index (χ0v) is 13.1. The maximum atomic E-state index is 13.1. The number of carbonyl (C=O) groups is 1. The second kappa shape index (κ2) is 7.11. The minimum Gasteiger partial charge on any atom is -0.490 e. The van der Waals surface area contributed by atoms with Gasteiger partial charge in [-0.2, -0.15) is 0 Å². The van der Waals surface area contributed by atoms with Crippen molar-refractivity contribution >= 4 is 5.91 Å². The molecule has 120 valence electrons. The number of amides is 1. The fourth-order valence-corrected chi connectivity index (χ4v) is 3.46. The molecule has 1 N–H and O–H groups in total. The summed E-state index contributed by atoms with van der Waals surface area (Å²) in [5, 5.41) is 3.43.